The topological polar surface area (TPSA) is 72.8 Å². The summed E-state index contributed by atoms with van der Waals surface area (Å²) in [6.07, 6.45) is 0.175. The van der Waals surface area contributed by atoms with Gasteiger partial charge in [0.15, 0.2) is 5.67 Å². The molecule has 2 rings (SSSR count). The Hall–Kier alpha value is -1.66. The van der Waals surface area contributed by atoms with Gasteiger partial charge in [0.05, 0.1) is 18.8 Å². The molecule has 1 fully saturated rings. The van der Waals surface area contributed by atoms with Crippen molar-refractivity contribution in [1.82, 2.24) is 10.2 Å². The van der Waals surface area contributed by atoms with Crippen LogP contribution in [-0.4, -0.2) is 45.6 Å². The van der Waals surface area contributed by atoms with Crippen molar-refractivity contribution >= 4 is 6.03 Å². The Balaban J connectivity index is 2.32. The Kier molecular flexibility index (Phi) is 3.24. The van der Waals surface area contributed by atoms with Crippen molar-refractivity contribution in [3.63, 3.8) is 0 Å². The molecular weight excluding hydrogens is 251 g/mol. The lowest BCUT2D eigenvalue weighted by Crippen LogP contribution is -2.46. The van der Waals surface area contributed by atoms with Gasteiger partial charge in [-0.15, -0.1) is 0 Å². The summed E-state index contributed by atoms with van der Waals surface area (Å²) in [5.41, 5.74) is -1.03. The highest BCUT2D eigenvalue weighted by Gasteiger charge is 2.53. The molecule has 104 valence electrons. The summed E-state index contributed by atoms with van der Waals surface area (Å²) in [5.74, 6) is 0. The van der Waals surface area contributed by atoms with Crippen molar-refractivity contribution in [2.75, 3.05) is 6.61 Å². The van der Waals surface area contributed by atoms with Gasteiger partial charge in [0.1, 0.15) is 0 Å². The van der Waals surface area contributed by atoms with Gasteiger partial charge in [-0.1, -0.05) is 13.2 Å². The fourth-order valence-electron chi connectivity index (χ4n) is 2.39. The molecule has 3 atom stereocenters. The second kappa shape index (κ2) is 4.47. The number of urea groups is 1. The zero-order chi connectivity index (χ0) is 14.4. The first kappa shape index (κ1) is 13.8. The predicted molar refractivity (Wildman–Crippen MR) is 67.7 cm³/mol. The molecule has 1 saturated carbocycles. The molecule has 1 aliphatic carbocycles. The van der Waals surface area contributed by atoms with Crippen molar-refractivity contribution in [3.05, 3.63) is 36.2 Å². The Labute approximate surface area is 110 Å². The van der Waals surface area contributed by atoms with Gasteiger partial charge in [0.25, 0.3) is 0 Å². The second-order valence-corrected chi connectivity index (χ2v) is 4.94. The van der Waals surface area contributed by atoms with Crippen LogP contribution < -0.4 is 5.32 Å². The maximum atomic E-state index is 14.3. The van der Waals surface area contributed by atoms with Gasteiger partial charge in [0.2, 0.25) is 0 Å². The van der Waals surface area contributed by atoms with Crippen molar-refractivity contribution in [2.24, 2.45) is 0 Å². The van der Waals surface area contributed by atoms with E-state index in [4.69, 9.17) is 5.11 Å². The molecule has 0 unspecified atom stereocenters. The number of rotatable bonds is 2. The van der Waals surface area contributed by atoms with Gasteiger partial charge in [-0.25, -0.2) is 9.18 Å². The molecule has 0 saturated heterocycles. The minimum Gasteiger partial charge on any atom is -0.393 e. The Morgan fingerprint density at radius 1 is 1.63 bits per heavy atom. The number of aliphatic hydroxyl groups is 2. The highest BCUT2D eigenvalue weighted by Crippen LogP contribution is 2.41. The Morgan fingerprint density at radius 2 is 2.26 bits per heavy atom. The molecule has 0 spiro atoms. The van der Waals surface area contributed by atoms with Crippen LogP contribution >= 0.6 is 0 Å². The first-order valence-electron chi connectivity index (χ1n) is 5.95. The fourth-order valence-corrected chi connectivity index (χ4v) is 2.39. The first-order valence-corrected chi connectivity index (χ1v) is 5.95. The standard InChI is InChI=1S/C13H17FN2O3/c1-7-5-16(12(19)15-9(7)3)10-4-11(18)13(14,6-17)8(10)2/h5,10-11,17-18H,2-4,6H2,1H3,(H,15,19)/t10-,11-,13+/m0/s1. The average molecular weight is 268 g/mol. The Bertz CT molecular complexity index is 488. The number of alkyl halides is 1. The number of carbonyl (C=O) groups is 1. The zero-order valence-corrected chi connectivity index (χ0v) is 10.7. The third-order valence-electron chi connectivity index (χ3n) is 3.78. The van der Waals surface area contributed by atoms with Crippen molar-refractivity contribution in [3.8, 4) is 0 Å². The number of nitrogens with one attached hydrogen (secondary N) is 1. The van der Waals surface area contributed by atoms with Crippen molar-refractivity contribution < 1.29 is 19.4 Å². The minimum absolute atomic E-state index is 0.000427. The number of amides is 2. The molecule has 0 radical (unpaired) electrons. The summed E-state index contributed by atoms with van der Waals surface area (Å²) in [6, 6.07) is -1.13. The van der Waals surface area contributed by atoms with E-state index in [0.29, 0.717) is 5.70 Å². The van der Waals surface area contributed by atoms with Gasteiger partial charge >= 0.3 is 6.03 Å². The molecule has 0 aromatic carbocycles. The third kappa shape index (κ3) is 1.97. The van der Waals surface area contributed by atoms with Crippen LogP contribution in [0.25, 0.3) is 0 Å². The monoisotopic (exact) mass is 268 g/mol. The number of hydrogen-bond acceptors (Lipinski definition) is 3. The van der Waals surface area contributed by atoms with Crippen molar-refractivity contribution in [1.29, 1.82) is 0 Å². The van der Waals surface area contributed by atoms with Crippen molar-refractivity contribution in [2.45, 2.75) is 31.2 Å². The molecule has 3 N–H and O–H groups in total. The maximum Gasteiger partial charge on any atom is 0.326 e. The molecule has 0 aromatic heterocycles. The largest absolute Gasteiger partial charge is 0.393 e. The summed E-state index contributed by atoms with van der Waals surface area (Å²) in [7, 11) is 0. The molecule has 19 heavy (non-hydrogen) atoms. The smallest absolute Gasteiger partial charge is 0.326 e. The lowest BCUT2D eigenvalue weighted by Gasteiger charge is -2.32. The molecule has 0 aromatic rings. The van der Waals surface area contributed by atoms with Crippen LogP contribution in [-0.2, 0) is 0 Å². The number of hydrogen-bond donors (Lipinski definition) is 3. The number of carbonyl (C=O) groups excluding carboxylic acids is 1. The summed E-state index contributed by atoms with van der Waals surface area (Å²) in [6.45, 7) is 8.18. The molecule has 2 aliphatic rings. The summed E-state index contributed by atoms with van der Waals surface area (Å²) in [4.78, 5) is 13.2. The lowest BCUT2D eigenvalue weighted by atomic mass is 9.98. The van der Waals surface area contributed by atoms with E-state index in [-0.39, 0.29) is 12.0 Å². The number of halogens is 1. The summed E-state index contributed by atoms with van der Waals surface area (Å²) >= 11 is 0. The van der Waals surface area contributed by atoms with E-state index >= 15 is 0 Å². The van der Waals surface area contributed by atoms with Gasteiger partial charge in [-0.3, -0.25) is 4.90 Å². The normalized spacial score (nSPS) is 35.5. The van der Waals surface area contributed by atoms with Gasteiger partial charge in [-0.2, -0.15) is 0 Å². The molecule has 1 aliphatic heterocycles. The van der Waals surface area contributed by atoms with Crippen LogP contribution in [0.15, 0.2) is 36.2 Å². The van der Waals surface area contributed by atoms with E-state index in [9.17, 15) is 14.3 Å². The predicted octanol–water partition coefficient (Wildman–Crippen LogP) is 0.819. The van der Waals surface area contributed by atoms with E-state index in [1.807, 2.05) is 0 Å². The van der Waals surface area contributed by atoms with E-state index in [0.717, 1.165) is 5.57 Å². The molecule has 0 bridgehead atoms. The minimum atomic E-state index is -2.26. The highest BCUT2D eigenvalue weighted by molar-refractivity contribution is 5.81. The molecule has 6 heteroatoms. The summed E-state index contributed by atoms with van der Waals surface area (Å²) < 4.78 is 14.3. The van der Waals surface area contributed by atoms with Crippen LogP contribution in [0, 0.1) is 0 Å². The molecular formula is C13H17FN2O3. The van der Waals surface area contributed by atoms with Crippen LogP contribution in [0.5, 0.6) is 0 Å². The first-order chi connectivity index (χ1) is 8.81. The highest BCUT2D eigenvalue weighted by atomic mass is 19.1. The SMILES string of the molecule is C=C1NC(=O)N([C@H]2C[C@H](O)[C@@](F)(CO)C2=C)C=C1C. The Morgan fingerprint density at radius 3 is 2.79 bits per heavy atom. The lowest BCUT2D eigenvalue weighted by molar-refractivity contribution is -0.00228. The van der Waals surface area contributed by atoms with E-state index < -0.39 is 30.5 Å². The molecule has 2 amide bonds. The second-order valence-electron chi connectivity index (χ2n) is 4.94. The zero-order valence-electron chi connectivity index (χ0n) is 10.7. The quantitative estimate of drug-likeness (QED) is 0.649. The van der Waals surface area contributed by atoms with E-state index in [1.54, 1.807) is 13.1 Å². The van der Waals surface area contributed by atoms with Gasteiger partial charge in [0, 0.05) is 18.3 Å². The fraction of sp³-hybridized carbons (Fsp3) is 0.462. The number of aliphatic hydroxyl groups excluding tert-OH is 2. The third-order valence-corrected chi connectivity index (χ3v) is 3.78. The van der Waals surface area contributed by atoms with Crippen LogP contribution in [0.4, 0.5) is 9.18 Å². The number of nitrogens with zero attached hydrogens (tertiary/aromatic N) is 1. The van der Waals surface area contributed by atoms with Crippen LogP contribution in [0.1, 0.15) is 13.3 Å². The van der Waals surface area contributed by atoms with E-state index in [2.05, 4.69) is 18.5 Å². The van der Waals surface area contributed by atoms with Crippen LogP contribution in [0.2, 0.25) is 0 Å². The summed E-state index contributed by atoms with van der Waals surface area (Å²) in [5, 5.41) is 21.4. The molecule has 1 heterocycles. The number of allylic oxidation sites excluding steroid dienone is 1. The van der Waals surface area contributed by atoms with Gasteiger partial charge < -0.3 is 15.5 Å². The van der Waals surface area contributed by atoms with E-state index in [1.165, 1.54) is 4.90 Å². The van der Waals surface area contributed by atoms with Crippen LogP contribution in [0.3, 0.4) is 0 Å². The molecule has 5 nitrogen and oxygen atoms in total. The average Bonchev–Trinajstić information content (AvgIpc) is 2.59. The maximum absolute atomic E-state index is 14.3. The van der Waals surface area contributed by atoms with Gasteiger partial charge in [-0.05, 0) is 18.1 Å².